The van der Waals surface area contributed by atoms with Crippen molar-refractivity contribution in [2.24, 2.45) is 0 Å². The van der Waals surface area contributed by atoms with E-state index in [1.807, 2.05) is 6.92 Å². The summed E-state index contributed by atoms with van der Waals surface area (Å²) >= 11 is 5.75. The molecule has 0 aliphatic rings. The van der Waals surface area contributed by atoms with E-state index in [-0.39, 0.29) is 11.5 Å². The van der Waals surface area contributed by atoms with Gasteiger partial charge in [-0.1, -0.05) is 41.4 Å². The molecule has 100 valence electrons. The molecule has 0 aliphatic carbocycles. The molecule has 0 heterocycles. The van der Waals surface area contributed by atoms with Gasteiger partial charge in [0.1, 0.15) is 0 Å². The van der Waals surface area contributed by atoms with Gasteiger partial charge in [0.25, 0.3) is 10.1 Å². The Labute approximate surface area is 117 Å². The summed E-state index contributed by atoms with van der Waals surface area (Å²) in [5, 5.41) is 0.602. The van der Waals surface area contributed by atoms with Gasteiger partial charge in [0.05, 0.1) is 11.5 Å². The number of hydrogen-bond acceptors (Lipinski definition) is 3. The first kappa shape index (κ1) is 14.1. The lowest BCUT2D eigenvalue weighted by Crippen LogP contribution is -2.06. The number of rotatable bonds is 4. The van der Waals surface area contributed by atoms with Crippen LogP contribution in [0, 0.1) is 6.92 Å². The highest BCUT2D eigenvalue weighted by molar-refractivity contribution is 7.86. The average molecular weight is 297 g/mol. The Hall–Kier alpha value is -1.36. The van der Waals surface area contributed by atoms with E-state index in [2.05, 4.69) is 0 Å². The molecule has 0 aromatic heterocycles. The van der Waals surface area contributed by atoms with E-state index in [1.54, 1.807) is 36.4 Å². The summed E-state index contributed by atoms with van der Waals surface area (Å²) < 4.78 is 28.9. The lowest BCUT2D eigenvalue weighted by atomic mass is 10.2. The van der Waals surface area contributed by atoms with Gasteiger partial charge in [0, 0.05) is 5.02 Å². The molecule has 2 rings (SSSR count). The zero-order chi connectivity index (χ0) is 13.9. The van der Waals surface area contributed by atoms with Crippen LogP contribution in [0.4, 0.5) is 0 Å². The number of aryl methyl sites for hydroxylation is 1. The van der Waals surface area contributed by atoms with Crippen LogP contribution in [0.5, 0.6) is 0 Å². The average Bonchev–Trinajstić information content (AvgIpc) is 2.39. The van der Waals surface area contributed by atoms with Crippen molar-refractivity contribution in [1.29, 1.82) is 0 Å². The van der Waals surface area contributed by atoms with Crippen molar-refractivity contribution >= 4 is 21.7 Å². The van der Waals surface area contributed by atoms with Crippen molar-refractivity contribution in [2.75, 3.05) is 0 Å². The van der Waals surface area contributed by atoms with Crippen molar-refractivity contribution in [2.45, 2.75) is 18.4 Å². The minimum atomic E-state index is -3.72. The SMILES string of the molecule is Cc1ccc(S(=O)(=O)OCc2ccc(Cl)cc2)cc1. The molecule has 0 amide bonds. The Morgan fingerprint density at radius 2 is 1.58 bits per heavy atom. The van der Waals surface area contributed by atoms with E-state index < -0.39 is 10.1 Å². The fourth-order valence-corrected chi connectivity index (χ4v) is 2.52. The zero-order valence-electron chi connectivity index (χ0n) is 10.3. The first-order valence-corrected chi connectivity index (χ1v) is 7.46. The Morgan fingerprint density at radius 1 is 1.00 bits per heavy atom. The third kappa shape index (κ3) is 3.80. The minimum absolute atomic E-state index is 0.00657. The van der Waals surface area contributed by atoms with Crippen LogP contribution in [0.15, 0.2) is 53.4 Å². The maximum atomic E-state index is 11.9. The quantitative estimate of drug-likeness (QED) is 0.810. The van der Waals surface area contributed by atoms with Gasteiger partial charge in [-0.2, -0.15) is 8.42 Å². The van der Waals surface area contributed by atoms with Gasteiger partial charge in [0.15, 0.2) is 0 Å². The molecule has 0 fully saturated rings. The highest BCUT2D eigenvalue weighted by Gasteiger charge is 2.14. The monoisotopic (exact) mass is 296 g/mol. The Bertz CT molecular complexity index is 646. The van der Waals surface area contributed by atoms with E-state index in [0.29, 0.717) is 5.02 Å². The second-order valence-electron chi connectivity index (χ2n) is 4.16. The highest BCUT2D eigenvalue weighted by atomic mass is 35.5. The van der Waals surface area contributed by atoms with Gasteiger partial charge in [-0.15, -0.1) is 0 Å². The third-order valence-electron chi connectivity index (χ3n) is 2.60. The van der Waals surface area contributed by atoms with E-state index in [9.17, 15) is 8.42 Å². The Morgan fingerprint density at radius 3 is 2.16 bits per heavy atom. The van der Waals surface area contributed by atoms with Crippen LogP contribution in [-0.4, -0.2) is 8.42 Å². The van der Waals surface area contributed by atoms with Crippen LogP contribution < -0.4 is 0 Å². The largest absolute Gasteiger partial charge is 0.297 e. The molecule has 0 radical (unpaired) electrons. The van der Waals surface area contributed by atoms with Gasteiger partial charge in [0.2, 0.25) is 0 Å². The van der Waals surface area contributed by atoms with E-state index in [0.717, 1.165) is 11.1 Å². The fraction of sp³-hybridized carbons (Fsp3) is 0.143. The second-order valence-corrected chi connectivity index (χ2v) is 6.21. The number of benzene rings is 2. The van der Waals surface area contributed by atoms with Crippen molar-refractivity contribution in [3.8, 4) is 0 Å². The van der Waals surface area contributed by atoms with Crippen LogP contribution in [-0.2, 0) is 20.9 Å². The Kier molecular flexibility index (Phi) is 4.24. The van der Waals surface area contributed by atoms with Gasteiger partial charge in [-0.3, -0.25) is 4.18 Å². The molecule has 3 nitrogen and oxygen atoms in total. The molecule has 0 saturated heterocycles. The normalized spacial score (nSPS) is 11.5. The molecular formula is C14H13ClO3S. The van der Waals surface area contributed by atoms with Gasteiger partial charge in [-0.05, 0) is 36.8 Å². The van der Waals surface area contributed by atoms with E-state index in [4.69, 9.17) is 15.8 Å². The van der Waals surface area contributed by atoms with Crippen molar-refractivity contribution in [3.63, 3.8) is 0 Å². The topological polar surface area (TPSA) is 43.4 Å². The summed E-state index contributed by atoms with van der Waals surface area (Å²) in [6.07, 6.45) is 0. The molecule has 0 aliphatic heterocycles. The summed E-state index contributed by atoms with van der Waals surface area (Å²) in [5.41, 5.74) is 1.75. The van der Waals surface area contributed by atoms with Crippen LogP contribution in [0.25, 0.3) is 0 Å². The summed E-state index contributed by atoms with van der Waals surface area (Å²) in [5.74, 6) is 0. The van der Waals surface area contributed by atoms with Crippen molar-refractivity contribution < 1.29 is 12.6 Å². The lowest BCUT2D eigenvalue weighted by Gasteiger charge is -2.06. The van der Waals surface area contributed by atoms with E-state index in [1.165, 1.54) is 12.1 Å². The summed E-state index contributed by atoms with van der Waals surface area (Å²) in [6.45, 7) is 1.89. The molecular weight excluding hydrogens is 284 g/mol. The molecule has 0 spiro atoms. The predicted octanol–water partition coefficient (Wildman–Crippen LogP) is 3.55. The molecule has 0 saturated carbocycles. The molecule has 2 aromatic rings. The van der Waals surface area contributed by atoms with Crippen LogP contribution in [0.3, 0.4) is 0 Å². The molecule has 5 heteroatoms. The molecule has 0 atom stereocenters. The molecule has 0 bridgehead atoms. The highest BCUT2D eigenvalue weighted by Crippen LogP contribution is 2.16. The molecule has 0 N–H and O–H groups in total. The molecule has 2 aromatic carbocycles. The minimum Gasteiger partial charge on any atom is -0.262 e. The summed E-state index contributed by atoms with van der Waals surface area (Å²) in [4.78, 5) is 0.159. The van der Waals surface area contributed by atoms with Crippen LogP contribution in [0.1, 0.15) is 11.1 Å². The maximum absolute atomic E-state index is 11.9. The first-order valence-electron chi connectivity index (χ1n) is 5.68. The molecule has 19 heavy (non-hydrogen) atoms. The van der Waals surface area contributed by atoms with Crippen molar-refractivity contribution in [3.05, 3.63) is 64.7 Å². The van der Waals surface area contributed by atoms with E-state index >= 15 is 0 Å². The third-order valence-corrected chi connectivity index (χ3v) is 4.13. The smallest absolute Gasteiger partial charge is 0.262 e. The maximum Gasteiger partial charge on any atom is 0.297 e. The number of halogens is 1. The standard InChI is InChI=1S/C14H13ClO3S/c1-11-2-8-14(9-3-11)19(16,17)18-10-12-4-6-13(15)7-5-12/h2-9H,10H2,1H3. The fourth-order valence-electron chi connectivity index (χ4n) is 1.50. The first-order chi connectivity index (χ1) is 8.97. The van der Waals surface area contributed by atoms with Gasteiger partial charge in [-0.25, -0.2) is 0 Å². The summed E-state index contributed by atoms with van der Waals surface area (Å²) in [7, 11) is -3.72. The second kappa shape index (κ2) is 5.74. The van der Waals surface area contributed by atoms with Crippen LogP contribution in [0.2, 0.25) is 5.02 Å². The lowest BCUT2D eigenvalue weighted by molar-refractivity contribution is 0.308. The predicted molar refractivity (Wildman–Crippen MR) is 74.6 cm³/mol. The van der Waals surface area contributed by atoms with Crippen molar-refractivity contribution in [1.82, 2.24) is 0 Å². The zero-order valence-corrected chi connectivity index (χ0v) is 11.9. The van der Waals surface area contributed by atoms with Gasteiger partial charge < -0.3 is 0 Å². The summed E-state index contributed by atoms with van der Waals surface area (Å²) in [6, 6.07) is 13.4. The molecule has 0 unspecified atom stereocenters. The Balaban J connectivity index is 2.09. The number of hydrogen-bond donors (Lipinski definition) is 0. The van der Waals surface area contributed by atoms with Crippen LogP contribution >= 0.6 is 11.6 Å². The van der Waals surface area contributed by atoms with Gasteiger partial charge >= 0.3 is 0 Å².